The molecule has 0 atom stereocenters. The Labute approximate surface area is 122 Å². The Bertz CT molecular complexity index is 671. The number of halogens is 2. The summed E-state index contributed by atoms with van der Waals surface area (Å²) in [5.74, 6) is -1.78. The number of carbonyl (C=O) groups is 1. The Morgan fingerprint density at radius 2 is 1.86 bits per heavy atom. The average Bonchev–Trinajstić information content (AvgIpc) is 2.43. The molecule has 3 nitrogen and oxygen atoms in total. The van der Waals surface area contributed by atoms with Crippen molar-refractivity contribution in [3.8, 4) is 0 Å². The summed E-state index contributed by atoms with van der Waals surface area (Å²) in [6.45, 7) is 4.48. The minimum absolute atomic E-state index is 0.178. The van der Waals surface area contributed by atoms with Crippen molar-refractivity contribution in [2.45, 2.75) is 13.8 Å². The van der Waals surface area contributed by atoms with Crippen LogP contribution in [-0.2, 0) is 0 Å². The van der Waals surface area contributed by atoms with Crippen LogP contribution < -0.4 is 10.6 Å². The van der Waals surface area contributed by atoms with E-state index in [-0.39, 0.29) is 5.69 Å². The molecule has 2 N–H and O–H groups in total. The fourth-order valence-corrected chi connectivity index (χ4v) is 1.98. The van der Waals surface area contributed by atoms with Crippen LogP contribution in [0.15, 0.2) is 36.4 Å². The smallest absolute Gasteiger partial charge is 0.257 e. The van der Waals surface area contributed by atoms with E-state index in [0.717, 1.165) is 23.8 Å². The standard InChI is InChI=1S/C16H16F2N2O/c1-3-19-14-8-10(2)4-6-12(14)16(21)20-15-9-11(17)5-7-13(15)18/h4-9,19H,3H2,1-2H3,(H,20,21). The molecule has 0 saturated carbocycles. The third kappa shape index (κ3) is 3.56. The molecular formula is C16H16F2N2O. The van der Waals surface area contributed by atoms with E-state index < -0.39 is 17.5 Å². The molecule has 0 aliphatic heterocycles. The first kappa shape index (κ1) is 15.0. The lowest BCUT2D eigenvalue weighted by Gasteiger charge is -2.12. The molecule has 0 saturated heterocycles. The summed E-state index contributed by atoms with van der Waals surface area (Å²) < 4.78 is 26.7. The molecule has 110 valence electrons. The maximum absolute atomic E-state index is 13.6. The lowest BCUT2D eigenvalue weighted by molar-refractivity contribution is 0.102. The monoisotopic (exact) mass is 290 g/mol. The van der Waals surface area contributed by atoms with Gasteiger partial charge in [0.05, 0.1) is 11.3 Å². The van der Waals surface area contributed by atoms with E-state index in [0.29, 0.717) is 17.8 Å². The number of nitrogens with one attached hydrogen (secondary N) is 2. The first-order chi connectivity index (χ1) is 10.0. The molecule has 2 rings (SSSR count). The second-order valence-electron chi connectivity index (χ2n) is 4.66. The normalized spacial score (nSPS) is 10.3. The summed E-state index contributed by atoms with van der Waals surface area (Å²) in [4.78, 5) is 12.2. The summed E-state index contributed by atoms with van der Waals surface area (Å²) in [6.07, 6.45) is 0. The largest absolute Gasteiger partial charge is 0.385 e. The van der Waals surface area contributed by atoms with Crippen molar-refractivity contribution in [1.29, 1.82) is 0 Å². The molecule has 1 amide bonds. The highest BCUT2D eigenvalue weighted by molar-refractivity contribution is 6.08. The zero-order valence-electron chi connectivity index (χ0n) is 11.8. The summed E-state index contributed by atoms with van der Waals surface area (Å²) in [7, 11) is 0. The quantitative estimate of drug-likeness (QED) is 0.895. The number of anilines is 2. The van der Waals surface area contributed by atoms with E-state index in [1.807, 2.05) is 19.9 Å². The van der Waals surface area contributed by atoms with Gasteiger partial charge in [0, 0.05) is 18.3 Å². The van der Waals surface area contributed by atoms with Crippen LogP contribution in [0.25, 0.3) is 0 Å². The highest BCUT2D eigenvalue weighted by Crippen LogP contribution is 2.21. The van der Waals surface area contributed by atoms with Crippen molar-refractivity contribution < 1.29 is 13.6 Å². The molecule has 0 radical (unpaired) electrons. The predicted molar refractivity (Wildman–Crippen MR) is 79.7 cm³/mol. The minimum atomic E-state index is -0.679. The molecule has 0 fully saturated rings. The van der Waals surface area contributed by atoms with Crippen molar-refractivity contribution in [1.82, 2.24) is 0 Å². The summed E-state index contributed by atoms with van der Waals surface area (Å²) >= 11 is 0. The summed E-state index contributed by atoms with van der Waals surface area (Å²) in [5, 5.41) is 5.47. The van der Waals surface area contributed by atoms with E-state index in [1.165, 1.54) is 0 Å². The van der Waals surface area contributed by atoms with Gasteiger partial charge in [0.25, 0.3) is 5.91 Å². The van der Waals surface area contributed by atoms with Gasteiger partial charge >= 0.3 is 0 Å². The molecule has 0 unspecified atom stereocenters. The molecule has 0 aliphatic rings. The van der Waals surface area contributed by atoms with Crippen LogP contribution in [0, 0.1) is 18.6 Å². The van der Waals surface area contributed by atoms with Crippen LogP contribution in [0.4, 0.5) is 20.2 Å². The second kappa shape index (κ2) is 6.35. The molecule has 0 aliphatic carbocycles. The van der Waals surface area contributed by atoms with Crippen molar-refractivity contribution in [2.75, 3.05) is 17.2 Å². The minimum Gasteiger partial charge on any atom is -0.385 e. The van der Waals surface area contributed by atoms with Gasteiger partial charge in [0.1, 0.15) is 11.6 Å². The second-order valence-corrected chi connectivity index (χ2v) is 4.66. The third-order valence-corrected chi connectivity index (χ3v) is 2.96. The first-order valence-electron chi connectivity index (χ1n) is 6.62. The van der Waals surface area contributed by atoms with E-state index in [1.54, 1.807) is 12.1 Å². The number of hydrogen-bond acceptors (Lipinski definition) is 2. The van der Waals surface area contributed by atoms with Crippen molar-refractivity contribution in [3.05, 3.63) is 59.2 Å². The third-order valence-electron chi connectivity index (χ3n) is 2.96. The van der Waals surface area contributed by atoms with Gasteiger partial charge < -0.3 is 10.6 Å². The van der Waals surface area contributed by atoms with Crippen LogP contribution in [0.5, 0.6) is 0 Å². The Kier molecular flexibility index (Phi) is 4.52. The Morgan fingerprint density at radius 3 is 2.57 bits per heavy atom. The number of aryl methyl sites for hydroxylation is 1. The zero-order valence-corrected chi connectivity index (χ0v) is 11.8. The van der Waals surface area contributed by atoms with Gasteiger partial charge in [0.15, 0.2) is 0 Å². The molecule has 5 heteroatoms. The molecule has 0 spiro atoms. The van der Waals surface area contributed by atoms with Gasteiger partial charge in [0.2, 0.25) is 0 Å². The maximum Gasteiger partial charge on any atom is 0.257 e. The lowest BCUT2D eigenvalue weighted by Crippen LogP contribution is -2.16. The Balaban J connectivity index is 2.30. The average molecular weight is 290 g/mol. The van der Waals surface area contributed by atoms with Gasteiger partial charge in [-0.25, -0.2) is 8.78 Å². The molecule has 2 aromatic carbocycles. The van der Waals surface area contributed by atoms with Crippen LogP contribution in [0.2, 0.25) is 0 Å². The number of rotatable bonds is 4. The highest BCUT2D eigenvalue weighted by atomic mass is 19.1. The Hall–Kier alpha value is -2.43. The SMILES string of the molecule is CCNc1cc(C)ccc1C(=O)Nc1cc(F)ccc1F. The van der Waals surface area contributed by atoms with Gasteiger partial charge in [-0.05, 0) is 43.7 Å². The van der Waals surface area contributed by atoms with E-state index in [2.05, 4.69) is 10.6 Å². The molecule has 0 bridgehead atoms. The Morgan fingerprint density at radius 1 is 1.10 bits per heavy atom. The maximum atomic E-state index is 13.6. The van der Waals surface area contributed by atoms with Crippen LogP contribution in [0.3, 0.4) is 0 Å². The van der Waals surface area contributed by atoms with Crippen LogP contribution in [0.1, 0.15) is 22.8 Å². The lowest BCUT2D eigenvalue weighted by atomic mass is 10.1. The molecular weight excluding hydrogens is 274 g/mol. The van der Waals surface area contributed by atoms with E-state index in [4.69, 9.17) is 0 Å². The van der Waals surface area contributed by atoms with Crippen LogP contribution in [-0.4, -0.2) is 12.5 Å². The van der Waals surface area contributed by atoms with Crippen molar-refractivity contribution >= 4 is 17.3 Å². The van der Waals surface area contributed by atoms with Gasteiger partial charge in [-0.15, -0.1) is 0 Å². The number of benzene rings is 2. The van der Waals surface area contributed by atoms with Gasteiger partial charge in [-0.2, -0.15) is 0 Å². The zero-order chi connectivity index (χ0) is 15.4. The first-order valence-corrected chi connectivity index (χ1v) is 6.62. The number of hydrogen-bond donors (Lipinski definition) is 2. The van der Waals surface area contributed by atoms with E-state index in [9.17, 15) is 13.6 Å². The van der Waals surface area contributed by atoms with Gasteiger partial charge in [-0.1, -0.05) is 6.07 Å². The van der Waals surface area contributed by atoms with E-state index >= 15 is 0 Å². The van der Waals surface area contributed by atoms with Crippen molar-refractivity contribution in [2.24, 2.45) is 0 Å². The van der Waals surface area contributed by atoms with Crippen molar-refractivity contribution in [3.63, 3.8) is 0 Å². The number of amides is 1. The highest BCUT2D eigenvalue weighted by Gasteiger charge is 2.14. The van der Waals surface area contributed by atoms with Crippen LogP contribution >= 0.6 is 0 Å². The fraction of sp³-hybridized carbons (Fsp3) is 0.188. The predicted octanol–water partition coefficient (Wildman–Crippen LogP) is 3.96. The van der Waals surface area contributed by atoms with Gasteiger partial charge in [-0.3, -0.25) is 4.79 Å². The fourth-order valence-electron chi connectivity index (χ4n) is 1.98. The molecule has 0 aromatic heterocycles. The summed E-state index contributed by atoms with van der Waals surface area (Å²) in [5.41, 5.74) is 1.86. The summed E-state index contributed by atoms with van der Waals surface area (Å²) in [6, 6.07) is 8.21. The number of carbonyl (C=O) groups excluding carboxylic acids is 1. The molecule has 21 heavy (non-hydrogen) atoms. The molecule has 0 heterocycles. The molecule has 2 aromatic rings. The topological polar surface area (TPSA) is 41.1 Å².